The molecule has 1 aromatic heterocycles. The fraction of sp³-hybridized carbons (Fsp3) is 0.684. The van der Waals surface area contributed by atoms with E-state index in [-0.39, 0.29) is 30.8 Å². The highest BCUT2D eigenvalue weighted by Crippen LogP contribution is 2.21. The van der Waals surface area contributed by atoms with Crippen LogP contribution in [0, 0.1) is 0 Å². The first kappa shape index (κ1) is 18.1. The molecule has 0 radical (unpaired) electrons. The first-order valence-corrected chi connectivity index (χ1v) is 9.38. The molecular formula is C19H29N3O3. The van der Waals surface area contributed by atoms with Crippen molar-refractivity contribution in [2.45, 2.75) is 64.3 Å². The lowest BCUT2D eigenvalue weighted by atomic mass is 9.98. The van der Waals surface area contributed by atoms with E-state index >= 15 is 0 Å². The summed E-state index contributed by atoms with van der Waals surface area (Å²) in [4.78, 5) is 18.7. The van der Waals surface area contributed by atoms with E-state index in [9.17, 15) is 4.79 Å². The molecule has 2 atom stereocenters. The van der Waals surface area contributed by atoms with Crippen molar-refractivity contribution in [3.05, 3.63) is 18.3 Å². The topological polar surface area (TPSA) is 63.7 Å². The number of carbonyl (C=O) groups is 1. The van der Waals surface area contributed by atoms with Crippen molar-refractivity contribution in [3.63, 3.8) is 0 Å². The molecule has 6 heteroatoms. The van der Waals surface area contributed by atoms with Crippen molar-refractivity contribution in [2.24, 2.45) is 0 Å². The summed E-state index contributed by atoms with van der Waals surface area (Å²) < 4.78 is 11.5. The predicted molar refractivity (Wildman–Crippen MR) is 97.9 cm³/mol. The molecule has 1 aliphatic carbocycles. The average Bonchev–Trinajstić information content (AvgIpc) is 2.61. The summed E-state index contributed by atoms with van der Waals surface area (Å²) in [5.41, 5.74) is 0.704. The number of pyridine rings is 1. The quantitative estimate of drug-likeness (QED) is 0.887. The van der Waals surface area contributed by atoms with E-state index in [1.807, 2.05) is 12.1 Å². The number of ether oxygens (including phenoxy) is 2. The summed E-state index contributed by atoms with van der Waals surface area (Å²) in [6, 6.07) is 3.84. The van der Waals surface area contributed by atoms with Crippen LogP contribution in [0.15, 0.2) is 18.3 Å². The fourth-order valence-corrected chi connectivity index (χ4v) is 3.63. The first-order valence-electron chi connectivity index (χ1n) is 9.38. The number of rotatable bonds is 5. The summed E-state index contributed by atoms with van der Waals surface area (Å²) in [6.45, 7) is 5.93. The minimum Gasteiger partial charge on any atom is -0.372 e. The van der Waals surface area contributed by atoms with Gasteiger partial charge in [0.05, 0.1) is 30.2 Å². The van der Waals surface area contributed by atoms with Gasteiger partial charge in [-0.2, -0.15) is 0 Å². The van der Waals surface area contributed by atoms with Gasteiger partial charge in [-0.15, -0.1) is 0 Å². The SMILES string of the molecule is C[C@@H]1CN(c2ccc(NC(=O)COC3CCCCC3)cn2)C[C@@H](C)O1. The molecule has 1 aromatic rings. The highest BCUT2D eigenvalue weighted by atomic mass is 16.5. The third-order valence-corrected chi connectivity index (χ3v) is 4.78. The Hall–Kier alpha value is -1.66. The number of hydrogen-bond donors (Lipinski definition) is 1. The van der Waals surface area contributed by atoms with E-state index in [1.165, 1.54) is 19.3 Å². The Morgan fingerprint density at radius 2 is 1.96 bits per heavy atom. The second kappa shape index (κ2) is 8.63. The predicted octanol–water partition coefficient (Wildman–Crippen LogP) is 2.98. The normalized spacial score (nSPS) is 25.0. The van der Waals surface area contributed by atoms with E-state index in [1.54, 1.807) is 6.20 Å². The largest absolute Gasteiger partial charge is 0.372 e. The fourth-order valence-electron chi connectivity index (χ4n) is 3.63. The van der Waals surface area contributed by atoms with Crippen LogP contribution in [0.5, 0.6) is 0 Å². The Balaban J connectivity index is 1.47. The zero-order valence-corrected chi connectivity index (χ0v) is 15.2. The number of aromatic nitrogens is 1. The van der Waals surface area contributed by atoms with Gasteiger partial charge in [0.25, 0.3) is 0 Å². The number of nitrogens with zero attached hydrogens (tertiary/aromatic N) is 2. The summed E-state index contributed by atoms with van der Waals surface area (Å²) in [5.74, 6) is 0.798. The first-order chi connectivity index (χ1) is 12.1. The van der Waals surface area contributed by atoms with Crippen LogP contribution in [0.1, 0.15) is 46.0 Å². The maximum absolute atomic E-state index is 12.0. The van der Waals surface area contributed by atoms with Crippen molar-refractivity contribution in [3.8, 4) is 0 Å². The van der Waals surface area contributed by atoms with Crippen LogP contribution in [0.4, 0.5) is 11.5 Å². The van der Waals surface area contributed by atoms with Gasteiger partial charge >= 0.3 is 0 Å². The van der Waals surface area contributed by atoms with E-state index in [0.29, 0.717) is 5.69 Å². The Bertz CT molecular complexity index is 548. The third-order valence-electron chi connectivity index (χ3n) is 4.78. The molecule has 2 heterocycles. The van der Waals surface area contributed by atoms with Gasteiger partial charge in [0, 0.05) is 13.1 Å². The lowest BCUT2D eigenvalue weighted by Gasteiger charge is -2.36. The number of amides is 1. The highest BCUT2D eigenvalue weighted by Gasteiger charge is 2.23. The maximum Gasteiger partial charge on any atom is 0.250 e. The van der Waals surface area contributed by atoms with Gasteiger partial charge < -0.3 is 19.7 Å². The minimum absolute atomic E-state index is 0.116. The summed E-state index contributed by atoms with van der Waals surface area (Å²) in [7, 11) is 0. The van der Waals surface area contributed by atoms with Crippen molar-refractivity contribution in [1.29, 1.82) is 0 Å². The molecule has 25 heavy (non-hydrogen) atoms. The molecule has 3 rings (SSSR count). The van der Waals surface area contributed by atoms with Gasteiger partial charge in [-0.3, -0.25) is 4.79 Å². The van der Waals surface area contributed by atoms with Crippen molar-refractivity contribution >= 4 is 17.4 Å². The van der Waals surface area contributed by atoms with Gasteiger partial charge in [-0.1, -0.05) is 19.3 Å². The molecule has 0 aromatic carbocycles. The Morgan fingerprint density at radius 3 is 2.60 bits per heavy atom. The van der Waals surface area contributed by atoms with Crippen LogP contribution in [0.25, 0.3) is 0 Å². The average molecular weight is 347 g/mol. The van der Waals surface area contributed by atoms with Gasteiger partial charge in [-0.25, -0.2) is 4.98 Å². The molecule has 1 saturated heterocycles. The van der Waals surface area contributed by atoms with Crippen molar-refractivity contribution in [1.82, 2.24) is 4.98 Å². The second-order valence-electron chi connectivity index (χ2n) is 7.19. The monoisotopic (exact) mass is 347 g/mol. The lowest BCUT2D eigenvalue weighted by molar-refractivity contribution is -0.123. The van der Waals surface area contributed by atoms with Crippen molar-refractivity contribution in [2.75, 3.05) is 29.9 Å². The molecule has 0 unspecified atom stereocenters. The van der Waals surface area contributed by atoms with E-state index < -0.39 is 0 Å². The van der Waals surface area contributed by atoms with E-state index in [0.717, 1.165) is 31.7 Å². The Labute approximate surface area is 149 Å². The van der Waals surface area contributed by atoms with Gasteiger partial charge in [0.2, 0.25) is 5.91 Å². The number of morpholine rings is 1. The Morgan fingerprint density at radius 1 is 1.24 bits per heavy atom. The number of carbonyl (C=O) groups excluding carboxylic acids is 1. The van der Waals surface area contributed by atoms with Crippen LogP contribution < -0.4 is 10.2 Å². The molecular weight excluding hydrogens is 318 g/mol. The smallest absolute Gasteiger partial charge is 0.250 e. The molecule has 6 nitrogen and oxygen atoms in total. The number of hydrogen-bond acceptors (Lipinski definition) is 5. The summed E-state index contributed by atoms with van der Waals surface area (Å²) in [6.07, 6.45) is 8.17. The van der Waals surface area contributed by atoms with Gasteiger partial charge in [0.15, 0.2) is 0 Å². The Kier molecular flexibility index (Phi) is 6.26. The molecule has 1 amide bonds. The zero-order valence-electron chi connectivity index (χ0n) is 15.2. The molecule has 2 fully saturated rings. The van der Waals surface area contributed by atoms with Crippen LogP contribution in [0.2, 0.25) is 0 Å². The van der Waals surface area contributed by atoms with E-state index in [2.05, 4.69) is 29.0 Å². The lowest BCUT2D eigenvalue weighted by Crippen LogP contribution is -2.45. The number of anilines is 2. The highest BCUT2D eigenvalue weighted by molar-refractivity contribution is 5.91. The second-order valence-corrected chi connectivity index (χ2v) is 7.19. The molecule has 138 valence electrons. The molecule has 0 bridgehead atoms. The standard InChI is InChI=1S/C19H29N3O3/c1-14-11-22(12-15(2)25-14)18-9-8-16(10-20-18)21-19(23)13-24-17-6-4-3-5-7-17/h8-10,14-15,17H,3-7,11-13H2,1-2H3,(H,21,23)/t14-,15-/m1/s1. The summed E-state index contributed by atoms with van der Waals surface area (Å²) in [5, 5.41) is 2.86. The molecule has 1 saturated carbocycles. The molecule has 1 N–H and O–H groups in total. The third kappa shape index (κ3) is 5.41. The van der Waals surface area contributed by atoms with Crippen LogP contribution in [-0.2, 0) is 14.3 Å². The van der Waals surface area contributed by atoms with Crippen molar-refractivity contribution < 1.29 is 14.3 Å². The summed E-state index contributed by atoms with van der Waals surface area (Å²) >= 11 is 0. The molecule has 0 spiro atoms. The maximum atomic E-state index is 12.0. The number of nitrogens with one attached hydrogen (secondary N) is 1. The molecule has 2 aliphatic rings. The van der Waals surface area contributed by atoms with Crippen LogP contribution in [-0.4, -0.2) is 48.9 Å². The van der Waals surface area contributed by atoms with Gasteiger partial charge in [0.1, 0.15) is 12.4 Å². The molecule has 1 aliphatic heterocycles. The minimum atomic E-state index is -0.117. The van der Waals surface area contributed by atoms with E-state index in [4.69, 9.17) is 9.47 Å². The van der Waals surface area contributed by atoms with Crippen LogP contribution in [0.3, 0.4) is 0 Å². The van der Waals surface area contributed by atoms with Gasteiger partial charge in [-0.05, 0) is 38.8 Å². The van der Waals surface area contributed by atoms with Crippen LogP contribution >= 0.6 is 0 Å². The zero-order chi connectivity index (χ0) is 17.6.